The first-order chi connectivity index (χ1) is 10.5. The molecule has 0 radical (unpaired) electrons. The second kappa shape index (κ2) is 6.85. The first-order valence-corrected chi connectivity index (χ1v) is 7.19. The fraction of sp³-hybridized carbons (Fsp3) is 0.231. The first-order valence-electron chi connectivity index (χ1n) is 6.31. The number of nitrogens with zero attached hydrogens (tertiary/aromatic N) is 1. The molecule has 0 aromatic carbocycles. The molecule has 1 amide bonds. The normalized spacial score (nSPS) is 11.7. The molecule has 0 aliphatic carbocycles. The number of hydrogen-bond donors (Lipinski definition) is 2. The molecule has 2 N–H and O–H groups in total. The van der Waals surface area contributed by atoms with Crippen LogP contribution in [0.1, 0.15) is 22.3 Å². The van der Waals surface area contributed by atoms with E-state index < -0.39 is 22.9 Å². The third-order valence-corrected chi connectivity index (χ3v) is 3.64. The third kappa shape index (κ3) is 3.92. The van der Waals surface area contributed by atoms with E-state index in [2.05, 4.69) is 10.3 Å². The number of rotatable bonds is 6. The molecule has 0 fully saturated rings. The predicted molar refractivity (Wildman–Crippen MR) is 78.5 cm³/mol. The van der Waals surface area contributed by atoms with Crippen LogP contribution < -0.4 is 5.32 Å². The Labute approximate surface area is 129 Å². The number of amides is 1. The molecule has 2 aromatic heterocycles. The van der Waals surface area contributed by atoms with Gasteiger partial charge in [0.25, 0.3) is 11.6 Å². The van der Waals surface area contributed by atoms with Crippen LogP contribution in [0.3, 0.4) is 0 Å². The van der Waals surface area contributed by atoms with Crippen molar-refractivity contribution >= 4 is 28.9 Å². The molecule has 22 heavy (non-hydrogen) atoms. The molecule has 2 rings (SSSR count). The summed E-state index contributed by atoms with van der Waals surface area (Å²) in [7, 11) is 0. The molecule has 9 heteroatoms. The van der Waals surface area contributed by atoms with Crippen molar-refractivity contribution in [1.29, 1.82) is 0 Å². The summed E-state index contributed by atoms with van der Waals surface area (Å²) >= 11 is 1.50. The van der Waals surface area contributed by atoms with Crippen LogP contribution in [0.15, 0.2) is 29.8 Å². The fourth-order valence-corrected chi connectivity index (χ4v) is 2.26. The zero-order valence-corrected chi connectivity index (χ0v) is 12.4. The molecule has 0 spiro atoms. The van der Waals surface area contributed by atoms with Gasteiger partial charge in [-0.3, -0.25) is 14.9 Å². The number of hydrogen-bond acceptors (Lipinski definition) is 6. The Kier molecular flexibility index (Phi) is 4.89. The summed E-state index contributed by atoms with van der Waals surface area (Å²) in [4.78, 5) is 36.9. The van der Waals surface area contributed by atoms with Crippen molar-refractivity contribution in [2.45, 2.75) is 19.6 Å². The summed E-state index contributed by atoms with van der Waals surface area (Å²) in [5, 5.41) is 15.1. The minimum absolute atomic E-state index is 0.0791. The van der Waals surface area contributed by atoms with Crippen molar-refractivity contribution in [1.82, 2.24) is 10.3 Å². The lowest BCUT2D eigenvalue weighted by Gasteiger charge is -2.12. The maximum atomic E-state index is 11.8. The highest BCUT2D eigenvalue weighted by Crippen LogP contribution is 2.13. The Morgan fingerprint density at radius 1 is 1.55 bits per heavy atom. The lowest BCUT2D eigenvalue weighted by molar-refractivity contribution is -0.384. The molecule has 0 unspecified atom stereocenters. The van der Waals surface area contributed by atoms with Gasteiger partial charge in [-0.2, -0.15) is 0 Å². The lowest BCUT2D eigenvalue weighted by Crippen LogP contribution is -2.35. The van der Waals surface area contributed by atoms with Crippen molar-refractivity contribution in [3.63, 3.8) is 0 Å². The highest BCUT2D eigenvalue weighted by Gasteiger charge is 2.21. The molecule has 0 aliphatic rings. The molecular weight excluding hydrogens is 310 g/mol. The molecule has 2 aromatic rings. The van der Waals surface area contributed by atoms with Crippen molar-refractivity contribution < 1.29 is 19.2 Å². The van der Waals surface area contributed by atoms with Crippen LogP contribution in [0, 0.1) is 10.1 Å². The largest absolute Gasteiger partial charge is 0.448 e. The quantitative estimate of drug-likeness (QED) is 0.478. The van der Waals surface area contributed by atoms with Crippen LogP contribution in [0.25, 0.3) is 0 Å². The van der Waals surface area contributed by atoms with Gasteiger partial charge in [0.05, 0.1) is 17.7 Å². The van der Waals surface area contributed by atoms with E-state index in [-0.39, 0.29) is 11.4 Å². The minimum atomic E-state index is -1.00. The average Bonchev–Trinajstić information content (AvgIpc) is 3.15. The Morgan fingerprint density at radius 3 is 2.91 bits per heavy atom. The molecule has 1 atom stereocenters. The molecule has 8 nitrogen and oxygen atoms in total. The second-order valence-electron chi connectivity index (χ2n) is 4.37. The number of carbonyl (C=O) groups excluding carboxylic acids is 2. The number of aromatic nitrogens is 1. The monoisotopic (exact) mass is 323 g/mol. The van der Waals surface area contributed by atoms with Gasteiger partial charge in [-0.05, 0) is 18.4 Å². The van der Waals surface area contributed by atoms with Gasteiger partial charge in [0.1, 0.15) is 5.69 Å². The van der Waals surface area contributed by atoms with Crippen LogP contribution in [0.2, 0.25) is 0 Å². The SMILES string of the molecule is C[C@@H](OC(=O)c1cc([N+](=O)[O-])c[nH]1)C(=O)NCc1cccs1. The van der Waals surface area contributed by atoms with Crippen molar-refractivity contribution in [2.75, 3.05) is 0 Å². The molecule has 0 saturated carbocycles. The summed E-state index contributed by atoms with van der Waals surface area (Å²) in [6.45, 7) is 1.78. The van der Waals surface area contributed by atoms with Gasteiger partial charge in [-0.25, -0.2) is 4.79 Å². The summed E-state index contributed by atoms with van der Waals surface area (Å²) in [5.41, 5.74) is -0.327. The van der Waals surface area contributed by atoms with E-state index in [4.69, 9.17) is 4.74 Å². The molecule has 0 saturated heterocycles. The van der Waals surface area contributed by atoms with Crippen LogP contribution in [-0.2, 0) is 16.1 Å². The van der Waals surface area contributed by atoms with Gasteiger partial charge in [0.2, 0.25) is 0 Å². The highest BCUT2D eigenvalue weighted by atomic mass is 32.1. The predicted octanol–water partition coefficient (Wildman–Crippen LogP) is 1.85. The van der Waals surface area contributed by atoms with Crippen molar-refractivity contribution in [3.8, 4) is 0 Å². The maximum Gasteiger partial charge on any atom is 0.355 e. The molecular formula is C13H13N3O5S. The van der Waals surface area contributed by atoms with E-state index in [1.165, 1.54) is 18.3 Å². The topological polar surface area (TPSA) is 114 Å². The summed E-state index contributed by atoms with van der Waals surface area (Å²) < 4.78 is 4.96. The number of H-pyrrole nitrogens is 1. The van der Waals surface area contributed by atoms with Gasteiger partial charge in [-0.1, -0.05) is 6.07 Å². The Hall–Kier alpha value is -2.68. The van der Waals surface area contributed by atoms with Gasteiger partial charge in [0, 0.05) is 10.9 Å². The Morgan fingerprint density at radius 2 is 2.32 bits per heavy atom. The van der Waals surface area contributed by atoms with Crippen molar-refractivity contribution in [2.24, 2.45) is 0 Å². The first kappa shape index (κ1) is 15.7. The van der Waals surface area contributed by atoms with Gasteiger partial charge in [0.15, 0.2) is 6.10 Å². The minimum Gasteiger partial charge on any atom is -0.448 e. The van der Waals surface area contributed by atoms with Crippen LogP contribution >= 0.6 is 11.3 Å². The van der Waals surface area contributed by atoms with E-state index in [1.807, 2.05) is 17.5 Å². The molecule has 2 heterocycles. The average molecular weight is 323 g/mol. The molecule has 116 valence electrons. The van der Waals surface area contributed by atoms with E-state index in [1.54, 1.807) is 0 Å². The number of nitro groups is 1. The van der Waals surface area contributed by atoms with Crippen LogP contribution in [0.4, 0.5) is 5.69 Å². The number of thiophene rings is 1. The van der Waals surface area contributed by atoms with E-state index in [0.29, 0.717) is 6.54 Å². The van der Waals surface area contributed by atoms with Crippen LogP contribution in [-0.4, -0.2) is 27.9 Å². The fourth-order valence-electron chi connectivity index (χ4n) is 1.61. The highest BCUT2D eigenvalue weighted by molar-refractivity contribution is 7.09. The summed E-state index contributed by atoms with van der Waals surface area (Å²) in [6, 6.07) is 4.80. The summed E-state index contributed by atoms with van der Waals surface area (Å²) in [5.74, 6) is -1.27. The Balaban J connectivity index is 1.86. The maximum absolute atomic E-state index is 11.8. The number of aromatic amines is 1. The van der Waals surface area contributed by atoms with E-state index in [0.717, 1.165) is 17.1 Å². The number of carbonyl (C=O) groups is 2. The van der Waals surface area contributed by atoms with Gasteiger partial charge >= 0.3 is 5.97 Å². The molecule has 0 aliphatic heterocycles. The summed E-state index contributed by atoms with van der Waals surface area (Å²) in [6.07, 6.45) is 0.0767. The number of ether oxygens (including phenoxy) is 1. The van der Waals surface area contributed by atoms with Gasteiger partial charge in [-0.15, -0.1) is 11.3 Å². The zero-order chi connectivity index (χ0) is 16.1. The Bertz CT molecular complexity index is 680. The number of esters is 1. The molecule has 0 bridgehead atoms. The third-order valence-electron chi connectivity index (χ3n) is 2.77. The van der Waals surface area contributed by atoms with E-state index in [9.17, 15) is 19.7 Å². The zero-order valence-electron chi connectivity index (χ0n) is 11.6. The van der Waals surface area contributed by atoms with Gasteiger partial charge < -0.3 is 15.0 Å². The second-order valence-corrected chi connectivity index (χ2v) is 5.41. The van der Waals surface area contributed by atoms with Crippen LogP contribution in [0.5, 0.6) is 0 Å². The smallest absolute Gasteiger partial charge is 0.355 e. The van der Waals surface area contributed by atoms with E-state index >= 15 is 0 Å². The number of nitrogens with one attached hydrogen (secondary N) is 2. The lowest BCUT2D eigenvalue weighted by atomic mass is 10.3. The van der Waals surface area contributed by atoms with Crippen molar-refractivity contribution in [3.05, 3.63) is 50.5 Å². The standard InChI is InChI=1S/C13H13N3O5S/c1-8(12(17)15-7-10-3-2-4-22-10)21-13(18)11-5-9(6-14-11)16(19)20/h2-6,8,14H,7H2,1H3,(H,15,17)/t8-/m1/s1.